The van der Waals surface area contributed by atoms with Crippen LogP contribution in [0, 0.1) is 6.92 Å². The van der Waals surface area contributed by atoms with Gasteiger partial charge < -0.3 is 10.1 Å². The summed E-state index contributed by atoms with van der Waals surface area (Å²) >= 11 is 0. The van der Waals surface area contributed by atoms with Crippen LogP contribution in [0.5, 0.6) is 0 Å². The molecule has 1 amide bonds. The van der Waals surface area contributed by atoms with Gasteiger partial charge in [0, 0.05) is 6.20 Å². The third-order valence-corrected chi connectivity index (χ3v) is 2.05. The first-order chi connectivity index (χ1) is 6.27. The molecule has 0 spiro atoms. The van der Waals surface area contributed by atoms with Crippen LogP contribution in [-0.4, -0.2) is 17.7 Å². The fourth-order valence-electron chi connectivity index (χ4n) is 1.39. The molecule has 2 rings (SSSR count). The number of rotatable bonds is 1. The van der Waals surface area contributed by atoms with Gasteiger partial charge >= 0.3 is 6.09 Å². The molecule has 0 aliphatic carbocycles. The van der Waals surface area contributed by atoms with Crippen molar-refractivity contribution in [1.82, 2.24) is 10.3 Å². The van der Waals surface area contributed by atoms with Crippen molar-refractivity contribution >= 4 is 6.09 Å². The van der Waals surface area contributed by atoms with Gasteiger partial charge in [-0.3, -0.25) is 4.98 Å². The lowest BCUT2D eigenvalue weighted by atomic mass is 10.1. The molecule has 0 radical (unpaired) electrons. The molecule has 0 bridgehead atoms. The van der Waals surface area contributed by atoms with Crippen LogP contribution in [0.4, 0.5) is 4.79 Å². The molecule has 1 aliphatic rings. The van der Waals surface area contributed by atoms with Crippen LogP contribution in [0.1, 0.15) is 17.3 Å². The second kappa shape index (κ2) is 3.05. The average Bonchev–Trinajstić information content (AvgIpc) is 2.53. The number of amides is 1. The summed E-state index contributed by atoms with van der Waals surface area (Å²) in [5, 5.41) is 2.69. The molecule has 0 saturated carbocycles. The van der Waals surface area contributed by atoms with Gasteiger partial charge in [-0.15, -0.1) is 0 Å². The Morgan fingerprint density at radius 1 is 1.69 bits per heavy atom. The number of nitrogens with zero attached hydrogens (tertiary/aromatic N) is 1. The standard InChI is InChI=1S/C9H10N2O2/c1-6-3-2-4-10-8(6)7-5-13-9(12)11-7/h2-4,7H,5H2,1H3,(H,11,12). The molecule has 4 heteroatoms. The van der Waals surface area contributed by atoms with Crippen molar-refractivity contribution < 1.29 is 9.53 Å². The summed E-state index contributed by atoms with van der Waals surface area (Å²) < 4.78 is 4.78. The third-order valence-electron chi connectivity index (χ3n) is 2.05. The number of hydrogen-bond acceptors (Lipinski definition) is 3. The lowest BCUT2D eigenvalue weighted by Crippen LogP contribution is -2.20. The van der Waals surface area contributed by atoms with Gasteiger partial charge in [0.1, 0.15) is 12.6 Å². The van der Waals surface area contributed by atoms with Crippen molar-refractivity contribution in [2.24, 2.45) is 0 Å². The fraction of sp³-hybridized carbons (Fsp3) is 0.333. The quantitative estimate of drug-likeness (QED) is 0.702. The molecule has 1 N–H and O–H groups in total. The number of aryl methyl sites for hydroxylation is 1. The zero-order chi connectivity index (χ0) is 9.26. The molecular formula is C9H10N2O2. The highest BCUT2D eigenvalue weighted by molar-refractivity contribution is 5.70. The summed E-state index contributed by atoms with van der Waals surface area (Å²) in [5.41, 5.74) is 1.95. The molecule has 1 atom stereocenters. The highest BCUT2D eigenvalue weighted by Crippen LogP contribution is 2.18. The number of ether oxygens (including phenoxy) is 1. The van der Waals surface area contributed by atoms with Gasteiger partial charge in [0.25, 0.3) is 0 Å². The number of hydrogen-bond donors (Lipinski definition) is 1. The number of aromatic nitrogens is 1. The van der Waals surface area contributed by atoms with Gasteiger partial charge in [-0.05, 0) is 18.6 Å². The molecule has 13 heavy (non-hydrogen) atoms. The Labute approximate surface area is 75.9 Å². The molecule has 0 aromatic carbocycles. The Kier molecular flexibility index (Phi) is 1.88. The number of pyridine rings is 1. The number of carbonyl (C=O) groups excluding carboxylic acids is 1. The lowest BCUT2D eigenvalue weighted by Gasteiger charge is -2.08. The van der Waals surface area contributed by atoms with E-state index in [2.05, 4.69) is 10.3 Å². The van der Waals surface area contributed by atoms with Crippen molar-refractivity contribution in [3.05, 3.63) is 29.6 Å². The topological polar surface area (TPSA) is 51.2 Å². The minimum absolute atomic E-state index is 0.0892. The van der Waals surface area contributed by atoms with Gasteiger partial charge in [0.15, 0.2) is 0 Å². The second-order valence-corrected chi connectivity index (χ2v) is 3.00. The molecule has 2 heterocycles. The smallest absolute Gasteiger partial charge is 0.407 e. The molecule has 1 unspecified atom stereocenters. The second-order valence-electron chi connectivity index (χ2n) is 3.00. The van der Waals surface area contributed by atoms with E-state index < -0.39 is 0 Å². The number of cyclic esters (lactones) is 1. The highest BCUT2D eigenvalue weighted by Gasteiger charge is 2.25. The van der Waals surface area contributed by atoms with Crippen LogP contribution in [-0.2, 0) is 4.74 Å². The maximum Gasteiger partial charge on any atom is 0.407 e. The van der Waals surface area contributed by atoms with E-state index in [1.54, 1.807) is 6.20 Å². The van der Waals surface area contributed by atoms with Crippen LogP contribution in [0.3, 0.4) is 0 Å². The van der Waals surface area contributed by atoms with E-state index in [4.69, 9.17) is 4.74 Å². The zero-order valence-electron chi connectivity index (χ0n) is 7.28. The van der Waals surface area contributed by atoms with Gasteiger partial charge in [-0.2, -0.15) is 0 Å². The Morgan fingerprint density at radius 2 is 2.54 bits per heavy atom. The van der Waals surface area contributed by atoms with Gasteiger partial charge in [-0.25, -0.2) is 4.79 Å². The van der Waals surface area contributed by atoms with E-state index in [1.165, 1.54) is 0 Å². The molecule has 1 saturated heterocycles. The molecule has 68 valence electrons. The number of carbonyl (C=O) groups is 1. The van der Waals surface area contributed by atoms with Crippen molar-refractivity contribution in [1.29, 1.82) is 0 Å². The van der Waals surface area contributed by atoms with E-state index in [0.717, 1.165) is 11.3 Å². The van der Waals surface area contributed by atoms with Crippen molar-refractivity contribution in [3.63, 3.8) is 0 Å². The first-order valence-electron chi connectivity index (χ1n) is 4.12. The van der Waals surface area contributed by atoms with Gasteiger partial charge in [0.05, 0.1) is 5.69 Å². The summed E-state index contributed by atoms with van der Waals surface area (Å²) in [5.74, 6) is 0. The van der Waals surface area contributed by atoms with E-state index >= 15 is 0 Å². The molecule has 1 aliphatic heterocycles. The SMILES string of the molecule is Cc1cccnc1C1COC(=O)N1. The summed E-state index contributed by atoms with van der Waals surface area (Å²) in [6, 6.07) is 3.75. The molecular weight excluding hydrogens is 168 g/mol. The number of alkyl carbamates (subject to hydrolysis) is 1. The monoisotopic (exact) mass is 178 g/mol. The fourth-order valence-corrected chi connectivity index (χ4v) is 1.39. The predicted molar refractivity (Wildman–Crippen MR) is 46.2 cm³/mol. The minimum atomic E-state index is -0.366. The predicted octanol–water partition coefficient (Wildman–Crippen LogP) is 1.17. The van der Waals surface area contributed by atoms with Gasteiger partial charge in [-0.1, -0.05) is 6.07 Å². The lowest BCUT2D eigenvalue weighted by molar-refractivity contribution is 0.177. The van der Waals surface area contributed by atoms with Crippen LogP contribution < -0.4 is 5.32 Å². The summed E-state index contributed by atoms with van der Waals surface area (Å²) in [4.78, 5) is 15.0. The Hall–Kier alpha value is -1.58. The summed E-state index contributed by atoms with van der Waals surface area (Å²) in [7, 11) is 0. The molecule has 1 fully saturated rings. The average molecular weight is 178 g/mol. The van der Waals surface area contributed by atoms with E-state index in [-0.39, 0.29) is 12.1 Å². The first kappa shape index (κ1) is 8.04. The van der Waals surface area contributed by atoms with Crippen molar-refractivity contribution in [2.45, 2.75) is 13.0 Å². The van der Waals surface area contributed by atoms with Crippen LogP contribution >= 0.6 is 0 Å². The normalized spacial score (nSPS) is 21.0. The van der Waals surface area contributed by atoms with Crippen molar-refractivity contribution in [2.75, 3.05) is 6.61 Å². The highest BCUT2D eigenvalue weighted by atomic mass is 16.6. The maximum absolute atomic E-state index is 10.8. The third kappa shape index (κ3) is 1.47. The number of nitrogens with one attached hydrogen (secondary N) is 1. The zero-order valence-corrected chi connectivity index (χ0v) is 7.28. The Balaban J connectivity index is 2.26. The summed E-state index contributed by atoms with van der Waals surface area (Å²) in [6.07, 6.45) is 1.35. The van der Waals surface area contributed by atoms with Crippen LogP contribution in [0.15, 0.2) is 18.3 Å². The summed E-state index contributed by atoms with van der Waals surface area (Å²) in [6.45, 7) is 2.34. The van der Waals surface area contributed by atoms with Crippen molar-refractivity contribution in [3.8, 4) is 0 Å². The Bertz CT molecular complexity index is 338. The first-order valence-corrected chi connectivity index (χ1v) is 4.12. The Morgan fingerprint density at radius 3 is 3.15 bits per heavy atom. The largest absolute Gasteiger partial charge is 0.447 e. The molecule has 4 nitrogen and oxygen atoms in total. The van der Waals surface area contributed by atoms with Gasteiger partial charge in [0.2, 0.25) is 0 Å². The minimum Gasteiger partial charge on any atom is -0.447 e. The van der Waals surface area contributed by atoms with E-state index in [0.29, 0.717) is 6.61 Å². The van der Waals surface area contributed by atoms with Crippen LogP contribution in [0.25, 0.3) is 0 Å². The molecule has 1 aromatic rings. The van der Waals surface area contributed by atoms with Crippen LogP contribution in [0.2, 0.25) is 0 Å². The van der Waals surface area contributed by atoms with E-state index in [1.807, 2.05) is 19.1 Å². The molecule has 1 aromatic heterocycles. The maximum atomic E-state index is 10.8. The van der Waals surface area contributed by atoms with E-state index in [9.17, 15) is 4.79 Å².